The highest BCUT2D eigenvalue weighted by atomic mass is 35.5. The van der Waals surface area contributed by atoms with E-state index in [4.69, 9.17) is 23.2 Å². The highest BCUT2D eigenvalue weighted by Crippen LogP contribution is 2.41. The van der Waals surface area contributed by atoms with Gasteiger partial charge in [0.2, 0.25) is 0 Å². The average molecular weight is 275 g/mol. The number of ketones is 1. The highest BCUT2D eigenvalue weighted by molar-refractivity contribution is 8.01. The lowest BCUT2D eigenvalue weighted by Crippen LogP contribution is -2.28. The Bertz CT molecular complexity index is 425. The number of hydrogen-bond acceptors (Lipinski definition) is 2. The first kappa shape index (κ1) is 12.3. The summed E-state index contributed by atoms with van der Waals surface area (Å²) < 4.78 is -0.308. The second-order valence-electron chi connectivity index (χ2n) is 4.14. The van der Waals surface area contributed by atoms with Crippen molar-refractivity contribution < 1.29 is 4.79 Å². The lowest BCUT2D eigenvalue weighted by atomic mass is 9.94. The number of halogens is 2. The van der Waals surface area contributed by atoms with E-state index in [1.165, 1.54) is 0 Å². The third-order valence-corrected chi connectivity index (χ3v) is 4.94. The fraction of sp³-hybridized carbons (Fsp3) is 0.417. The molecule has 2 rings (SSSR count). The van der Waals surface area contributed by atoms with E-state index in [1.54, 1.807) is 30.0 Å². The summed E-state index contributed by atoms with van der Waals surface area (Å²) in [5, 5.41) is 1.01. The Labute approximate surface area is 110 Å². The Balaban J connectivity index is 2.33. The Hall–Kier alpha value is -0.180. The predicted octanol–water partition coefficient (Wildman–Crippen LogP) is 4.46. The van der Waals surface area contributed by atoms with Gasteiger partial charge in [0.1, 0.15) is 0 Å². The van der Waals surface area contributed by atoms with Crippen LogP contribution in [-0.4, -0.2) is 16.3 Å². The summed E-state index contributed by atoms with van der Waals surface area (Å²) in [7, 11) is 0. The normalized spacial score (nSPS) is 24.7. The quantitative estimate of drug-likeness (QED) is 0.741. The third-order valence-electron chi connectivity index (χ3n) is 2.87. The molecular weight excluding hydrogens is 263 g/mol. The molecule has 1 aromatic rings. The van der Waals surface area contributed by atoms with Crippen LogP contribution in [0.5, 0.6) is 0 Å². The van der Waals surface area contributed by atoms with Crippen molar-refractivity contribution >= 4 is 40.7 Å². The van der Waals surface area contributed by atoms with Crippen LogP contribution in [0.1, 0.15) is 30.1 Å². The minimum atomic E-state index is -0.308. The molecule has 1 atom stereocenters. The minimum Gasteiger partial charge on any atom is -0.293 e. The number of carbonyl (C=O) groups excluding carboxylic acids is 1. The Morgan fingerprint density at radius 3 is 2.75 bits per heavy atom. The summed E-state index contributed by atoms with van der Waals surface area (Å²) in [4.78, 5) is 12.4. The molecule has 1 aliphatic heterocycles. The lowest BCUT2D eigenvalue weighted by molar-refractivity contribution is 0.0949. The van der Waals surface area contributed by atoms with Crippen LogP contribution in [0.15, 0.2) is 18.2 Å². The van der Waals surface area contributed by atoms with Gasteiger partial charge in [-0.25, -0.2) is 0 Å². The monoisotopic (exact) mass is 274 g/mol. The molecule has 1 unspecified atom stereocenters. The van der Waals surface area contributed by atoms with Crippen molar-refractivity contribution in [2.75, 3.05) is 5.75 Å². The van der Waals surface area contributed by atoms with Crippen LogP contribution in [0.2, 0.25) is 10.0 Å². The van der Waals surface area contributed by atoms with Crippen molar-refractivity contribution in [1.82, 2.24) is 0 Å². The minimum absolute atomic E-state index is 0.122. The van der Waals surface area contributed by atoms with E-state index in [9.17, 15) is 4.79 Å². The van der Waals surface area contributed by atoms with E-state index in [0.29, 0.717) is 15.6 Å². The van der Waals surface area contributed by atoms with Crippen LogP contribution in [-0.2, 0) is 0 Å². The van der Waals surface area contributed by atoms with Gasteiger partial charge in [0.05, 0.1) is 9.77 Å². The van der Waals surface area contributed by atoms with Crippen LogP contribution >= 0.6 is 35.0 Å². The van der Waals surface area contributed by atoms with Gasteiger partial charge in [-0.2, -0.15) is 0 Å². The zero-order valence-corrected chi connectivity index (χ0v) is 11.3. The summed E-state index contributed by atoms with van der Waals surface area (Å²) in [5.74, 6) is 1.17. The van der Waals surface area contributed by atoms with Gasteiger partial charge in [0.15, 0.2) is 5.78 Å². The maximum absolute atomic E-state index is 12.4. The van der Waals surface area contributed by atoms with E-state index >= 15 is 0 Å². The Morgan fingerprint density at radius 1 is 1.44 bits per heavy atom. The molecule has 1 saturated heterocycles. The van der Waals surface area contributed by atoms with E-state index in [0.717, 1.165) is 18.6 Å². The van der Waals surface area contributed by atoms with Gasteiger partial charge in [-0.05, 0) is 43.7 Å². The zero-order chi connectivity index (χ0) is 11.8. The fourth-order valence-electron chi connectivity index (χ4n) is 1.92. The van der Waals surface area contributed by atoms with Gasteiger partial charge < -0.3 is 0 Å². The van der Waals surface area contributed by atoms with Crippen LogP contribution < -0.4 is 0 Å². The highest BCUT2D eigenvalue weighted by Gasteiger charge is 2.38. The van der Waals surface area contributed by atoms with Crippen molar-refractivity contribution in [3.8, 4) is 0 Å². The van der Waals surface area contributed by atoms with Crippen molar-refractivity contribution in [3.05, 3.63) is 33.8 Å². The SMILES string of the molecule is CC1(C(=O)c2ccc(Cl)cc2Cl)CCCS1. The van der Waals surface area contributed by atoms with Gasteiger partial charge in [-0.15, -0.1) is 11.8 Å². The van der Waals surface area contributed by atoms with Crippen molar-refractivity contribution in [1.29, 1.82) is 0 Å². The maximum Gasteiger partial charge on any atom is 0.180 e. The molecule has 0 saturated carbocycles. The van der Waals surface area contributed by atoms with E-state index < -0.39 is 0 Å². The van der Waals surface area contributed by atoms with Crippen molar-refractivity contribution in [3.63, 3.8) is 0 Å². The summed E-state index contributed by atoms with van der Waals surface area (Å²) >= 11 is 13.6. The molecule has 1 aromatic carbocycles. The summed E-state index contributed by atoms with van der Waals surface area (Å²) in [6.45, 7) is 2.00. The first-order chi connectivity index (χ1) is 7.53. The molecule has 0 spiro atoms. The first-order valence-corrected chi connectivity index (χ1v) is 6.91. The average Bonchev–Trinajstić information content (AvgIpc) is 2.66. The topological polar surface area (TPSA) is 17.1 Å². The molecule has 0 amide bonds. The Morgan fingerprint density at radius 2 is 2.19 bits per heavy atom. The van der Waals surface area contributed by atoms with E-state index in [-0.39, 0.29) is 10.5 Å². The number of benzene rings is 1. The van der Waals surface area contributed by atoms with Crippen molar-refractivity contribution in [2.45, 2.75) is 24.5 Å². The van der Waals surface area contributed by atoms with Gasteiger partial charge in [-0.3, -0.25) is 4.79 Å². The number of Topliss-reactive ketones (excluding diaryl/α,β-unsaturated/α-hetero) is 1. The molecule has 1 heterocycles. The molecule has 0 aromatic heterocycles. The molecule has 16 heavy (non-hydrogen) atoms. The molecule has 86 valence electrons. The predicted molar refractivity (Wildman–Crippen MR) is 70.9 cm³/mol. The fourth-order valence-corrected chi connectivity index (χ4v) is 3.68. The van der Waals surface area contributed by atoms with Crippen LogP contribution in [0.4, 0.5) is 0 Å². The number of carbonyl (C=O) groups is 1. The molecule has 0 bridgehead atoms. The van der Waals surface area contributed by atoms with E-state index in [2.05, 4.69) is 0 Å². The first-order valence-electron chi connectivity index (χ1n) is 5.17. The maximum atomic E-state index is 12.4. The molecule has 0 aliphatic carbocycles. The van der Waals surface area contributed by atoms with Crippen LogP contribution in [0, 0.1) is 0 Å². The molecule has 4 heteroatoms. The standard InChI is InChI=1S/C12H12Cl2OS/c1-12(5-2-6-16-12)11(15)9-4-3-8(13)7-10(9)14/h3-4,7H,2,5-6H2,1H3. The smallest absolute Gasteiger partial charge is 0.180 e. The molecular formula is C12H12Cl2OS. The lowest BCUT2D eigenvalue weighted by Gasteiger charge is -2.21. The van der Waals surface area contributed by atoms with Crippen LogP contribution in [0.3, 0.4) is 0 Å². The number of thioether (sulfide) groups is 1. The van der Waals surface area contributed by atoms with Gasteiger partial charge in [0.25, 0.3) is 0 Å². The summed E-state index contributed by atoms with van der Waals surface area (Å²) in [5.41, 5.74) is 0.586. The largest absolute Gasteiger partial charge is 0.293 e. The van der Waals surface area contributed by atoms with E-state index in [1.807, 2.05) is 6.92 Å². The van der Waals surface area contributed by atoms with Gasteiger partial charge in [0, 0.05) is 10.6 Å². The van der Waals surface area contributed by atoms with Gasteiger partial charge >= 0.3 is 0 Å². The van der Waals surface area contributed by atoms with Gasteiger partial charge in [-0.1, -0.05) is 23.2 Å². The number of hydrogen-bond donors (Lipinski definition) is 0. The molecule has 1 nitrogen and oxygen atoms in total. The molecule has 1 fully saturated rings. The molecule has 0 N–H and O–H groups in total. The summed E-state index contributed by atoms with van der Waals surface area (Å²) in [6, 6.07) is 5.06. The van der Waals surface area contributed by atoms with Crippen molar-refractivity contribution in [2.24, 2.45) is 0 Å². The van der Waals surface area contributed by atoms with Crippen LogP contribution in [0.25, 0.3) is 0 Å². The summed E-state index contributed by atoms with van der Waals surface area (Å²) in [6.07, 6.45) is 2.02. The third kappa shape index (κ3) is 2.24. The molecule has 0 radical (unpaired) electrons. The zero-order valence-electron chi connectivity index (χ0n) is 8.93. The Kier molecular flexibility index (Phi) is 3.53. The number of rotatable bonds is 2. The second-order valence-corrected chi connectivity index (χ2v) is 6.58. The molecule has 1 aliphatic rings. The second kappa shape index (κ2) is 4.59.